The molecule has 54 heavy (non-hydrogen) atoms. The molecule has 0 N–H and O–H groups in total. The van der Waals surface area contributed by atoms with E-state index in [1.54, 1.807) is 0 Å². The maximum Gasteiger partial charge on any atom is 0.161 e. The van der Waals surface area contributed by atoms with Crippen molar-refractivity contribution in [2.45, 2.75) is 0 Å². The van der Waals surface area contributed by atoms with Gasteiger partial charge >= 0.3 is 0 Å². The quantitative estimate of drug-likeness (QED) is 0.171. The molecular formula is C50H29N3S. The number of benzene rings is 9. The second-order valence-corrected chi connectivity index (χ2v) is 15.2. The molecule has 0 aliphatic rings. The summed E-state index contributed by atoms with van der Waals surface area (Å²) in [6.45, 7) is 0. The molecule has 0 atom stereocenters. The van der Waals surface area contributed by atoms with Gasteiger partial charge < -0.3 is 4.57 Å². The third kappa shape index (κ3) is 4.29. The highest BCUT2D eigenvalue weighted by atomic mass is 32.1. The largest absolute Gasteiger partial charge is 0.309 e. The summed E-state index contributed by atoms with van der Waals surface area (Å²) in [6, 6.07) is 63.5. The van der Waals surface area contributed by atoms with E-state index in [0.717, 1.165) is 39.6 Å². The topological polar surface area (TPSA) is 30.7 Å². The van der Waals surface area contributed by atoms with Crippen molar-refractivity contribution in [3.63, 3.8) is 0 Å². The molecule has 0 aliphatic heterocycles. The number of aromatic nitrogens is 3. The molecule has 0 fully saturated rings. The van der Waals surface area contributed by atoms with Crippen LogP contribution >= 0.6 is 11.3 Å². The van der Waals surface area contributed by atoms with E-state index in [-0.39, 0.29) is 0 Å². The minimum Gasteiger partial charge on any atom is -0.309 e. The van der Waals surface area contributed by atoms with Gasteiger partial charge in [0.1, 0.15) is 0 Å². The van der Waals surface area contributed by atoms with Gasteiger partial charge in [0, 0.05) is 53.3 Å². The fraction of sp³-hybridized carbons (Fsp3) is 0. The molecule has 12 aromatic rings. The fourth-order valence-corrected chi connectivity index (χ4v) is 9.92. The molecule has 3 aromatic heterocycles. The Hall–Kier alpha value is -6.88. The third-order valence-corrected chi connectivity index (χ3v) is 12.3. The minimum atomic E-state index is 0.719. The first kappa shape index (κ1) is 29.7. The Morgan fingerprint density at radius 2 is 1.06 bits per heavy atom. The molecule has 0 bridgehead atoms. The zero-order valence-corrected chi connectivity index (χ0v) is 29.8. The number of rotatable bonds is 4. The zero-order chi connectivity index (χ0) is 35.3. The first-order valence-electron chi connectivity index (χ1n) is 18.3. The van der Waals surface area contributed by atoms with Crippen LogP contribution in [0.1, 0.15) is 0 Å². The van der Waals surface area contributed by atoms with Crippen molar-refractivity contribution < 1.29 is 0 Å². The van der Waals surface area contributed by atoms with Crippen molar-refractivity contribution in [3.05, 3.63) is 176 Å². The van der Waals surface area contributed by atoms with E-state index in [1.807, 2.05) is 23.5 Å². The van der Waals surface area contributed by atoms with Crippen LogP contribution in [0.4, 0.5) is 0 Å². The van der Waals surface area contributed by atoms with Crippen LogP contribution in [0, 0.1) is 0 Å². The van der Waals surface area contributed by atoms with Crippen LogP contribution in [0.15, 0.2) is 176 Å². The lowest BCUT2D eigenvalue weighted by Gasteiger charge is -2.15. The van der Waals surface area contributed by atoms with Crippen molar-refractivity contribution in [3.8, 4) is 39.6 Å². The Morgan fingerprint density at radius 3 is 1.81 bits per heavy atom. The zero-order valence-electron chi connectivity index (χ0n) is 29.0. The van der Waals surface area contributed by atoms with Crippen LogP contribution in [0.25, 0.3) is 114 Å². The van der Waals surface area contributed by atoms with Gasteiger partial charge in [-0.3, -0.25) is 0 Å². The number of fused-ring (bicyclic) bond motifs is 7. The number of para-hydroxylation sites is 1. The molecule has 12 rings (SSSR count). The Balaban J connectivity index is 1.21. The number of hydrogen-bond donors (Lipinski definition) is 0. The van der Waals surface area contributed by atoms with E-state index < -0.39 is 0 Å². The van der Waals surface area contributed by atoms with Crippen molar-refractivity contribution in [1.82, 2.24) is 14.5 Å². The molecular weight excluding hydrogens is 675 g/mol. The SMILES string of the molecule is c1ccc(-c2cc(-c3ccccc3)nc(-c3cc(-n4c5ccccc5c5c6ccc7cccc8ccc(cc54)c6c87)cc4c3sc3ccccc34)n2)cc1. The lowest BCUT2D eigenvalue weighted by Crippen LogP contribution is -1.99. The Kier molecular flexibility index (Phi) is 6.21. The van der Waals surface area contributed by atoms with Crippen LogP contribution < -0.4 is 0 Å². The summed E-state index contributed by atoms with van der Waals surface area (Å²) in [5.41, 5.74) is 8.42. The Morgan fingerprint density at radius 1 is 0.407 bits per heavy atom. The van der Waals surface area contributed by atoms with Crippen LogP contribution in [-0.4, -0.2) is 14.5 Å². The van der Waals surface area contributed by atoms with Crippen molar-refractivity contribution in [2.75, 3.05) is 0 Å². The second kappa shape index (κ2) is 11.3. The molecule has 0 unspecified atom stereocenters. The molecule has 0 aliphatic carbocycles. The maximum atomic E-state index is 5.35. The molecule has 9 aromatic carbocycles. The lowest BCUT2D eigenvalue weighted by molar-refractivity contribution is 1.17. The van der Waals surface area contributed by atoms with E-state index in [2.05, 4.69) is 168 Å². The third-order valence-electron chi connectivity index (χ3n) is 11.1. The molecule has 3 nitrogen and oxygen atoms in total. The van der Waals surface area contributed by atoms with Crippen molar-refractivity contribution in [1.29, 1.82) is 0 Å². The summed E-state index contributed by atoms with van der Waals surface area (Å²) in [5.74, 6) is 0.719. The monoisotopic (exact) mass is 703 g/mol. The van der Waals surface area contributed by atoms with E-state index in [4.69, 9.17) is 9.97 Å². The van der Waals surface area contributed by atoms with Gasteiger partial charge in [-0.2, -0.15) is 0 Å². The van der Waals surface area contributed by atoms with Crippen molar-refractivity contribution >= 4 is 85.6 Å². The number of thiophene rings is 1. The summed E-state index contributed by atoms with van der Waals surface area (Å²) < 4.78 is 4.90. The van der Waals surface area contributed by atoms with Gasteiger partial charge in [-0.15, -0.1) is 11.3 Å². The molecule has 4 heteroatoms. The predicted molar refractivity (Wildman–Crippen MR) is 229 cm³/mol. The predicted octanol–water partition coefficient (Wildman–Crippen LogP) is 13.8. The first-order chi connectivity index (χ1) is 26.8. The lowest BCUT2D eigenvalue weighted by atomic mass is 9.92. The molecule has 0 spiro atoms. The average molecular weight is 704 g/mol. The summed E-state index contributed by atoms with van der Waals surface area (Å²) in [7, 11) is 0. The van der Waals surface area contributed by atoms with Gasteiger partial charge in [-0.25, -0.2) is 9.97 Å². The maximum absolute atomic E-state index is 5.35. The average Bonchev–Trinajstić information content (AvgIpc) is 3.78. The van der Waals surface area contributed by atoms with Gasteiger partial charge in [0.25, 0.3) is 0 Å². The molecule has 0 saturated heterocycles. The molecule has 0 saturated carbocycles. The molecule has 250 valence electrons. The summed E-state index contributed by atoms with van der Waals surface area (Å²) in [4.78, 5) is 10.7. The van der Waals surface area contributed by atoms with E-state index >= 15 is 0 Å². The second-order valence-electron chi connectivity index (χ2n) is 14.1. The van der Waals surface area contributed by atoms with E-state index in [9.17, 15) is 0 Å². The summed E-state index contributed by atoms with van der Waals surface area (Å²) >= 11 is 1.82. The Labute approximate surface area is 314 Å². The Bertz CT molecular complexity index is 3360. The number of hydrogen-bond acceptors (Lipinski definition) is 3. The number of nitrogens with zero attached hydrogens (tertiary/aromatic N) is 3. The van der Waals surface area contributed by atoms with Gasteiger partial charge in [-0.1, -0.05) is 140 Å². The summed E-state index contributed by atoms with van der Waals surface area (Å²) in [6.07, 6.45) is 0. The van der Waals surface area contributed by atoms with Gasteiger partial charge in [0.05, 0.1) is 22.4 Å². The highest BCUT2D eigenvalue weighted by molar-refractivity contribution is 7.26. The smallest absolute Gasteiger partial charge is 0.161 e. The van der Waals surface area contributed by atoms with Crippen LogP contribution in [0.5, 0.6) is 0 Å². The molecule has 0 radical (unpaired) electrons. The normalized spacial score (nSPS) is 12.1. The highest BCUT2D eigenvalue weighted by Crippen LogP contribution is 2.46. The minimum absolute atomic E-state index is 0.719. The molecule has 3 heterocycles. The van der Waals surface area contributed by atoms with E-state index in [1.165, 1.54) is 74.3 Å². The van der Waals surface area contributed by atoms with Gasteiger partial charge in [0.2, 0.25) is 0 Å². The highest BCUT2D eigenvalue weighted by Gasteiger charge is 2.22. The van der Waals surface area contributed by atoms with Crippen LogP contribution in [0.2, 0.25) is 0 Å². The van der Waals surface area contributed by atoms with Crippen LogP contribution in [-0.2, 0) is 0 Å². The summed E-state index contributed by atoms with van der Waals surface area (Å²) in [5, 5.41) is 12.7. The standard InChI is InChI=1S/C50H29N3S/c1-3-12-30(13-4-1)41-29-42(31-14-5-2-6-15-31)52-50(51-41)40-28-35(27-39-36-18-8-10-21-45(36)54-49(39)40)53-43-20-9-7-19-37(43)48-38-25-24-33-17-11-16-32-22-23-34(26-44(48)53)47(38)46(32)33/h1-29H. The van der Waals surface area contributed by atoms with Crippen molar-refractivity contribution in [2.24, 2.45) is 0 Å². The first-order valence-corrected chi connectivity index (χ1v) is 19.1. The van der Waals surface area contributed by atoms with Gasteiger partial charge in [0.15, 0.2) is 5.82 Å². The van der Waals surface area contributed by atoms with E-state index in [0.29, 0.717) is 0 Å². The molecule has 0 amide bonds. The van der Waals surface area contributed by atoms with Crippen LogP contribution in [0.3, 0.4) is 0 Å². The van der Waals surface area contributed by atoms with Gasteiger partial charge in [-0.05, 0) is 68.7 Å². The fourth-order valence-electron chi connectivity index (χ4n) is 8.73.